The molecule has 2 unspecified atom stereocenters. The van der Waals surface area contributed by atoms with E-state index < -0.39 is 8.07 Å². The molecule has 2 bridgehead atoms. The largest absolute Gasteiger partial charge is 0.150 e. The fourth-order valence-electron chi connectivity index (χ4n) is 12.9. The molecular formula is C59H44Si. The molecule has 1 aliphatic carbocycles. The van der Waals surface area contributed by atoms with Crippen molar-refractivity contribution in [1.82, 2.24) is 0 Å². The Hall–Kier alpha value is -6.80. The lowest BCUT2D eigenvalue weighted by molar-refractivity contribution is 0.589. The van der Waals surface area contributed by atoms with Crippen LogP contribution in [-0.2, 0) is 10.1 Å². The Morgan fingerprint density at radius 1 is 0.283 bits per heavy atom. The van der Waals surface area contributed by atoms with Gasteiger partial charge in [-0.1, -0.05) is 243 Å². The van der Waals surface area contributed by atoms with Gasteiger partial charge in [-0.15, -0.1) is 0 Å². The Bertz CT molecular complexity index is 2750. The molecule has 4 atom stereocenters. The predicted molar refractivity (Wildman–Crippen MR) is 253 cm³/mol. The van der Waals surface area contributed by atoms with Gasteiger partial charge in [-0.3, -0.25) is 0 Å². The molecule has 0 N–H and O–H groups in total. The first-order valence-electron chi connectivity index (χ1n) is 21.5. The molecule has 1 heteroatoms. The van der Waals surface area contributed by atoms with Gasteiger partial charge in [0.25, 0.3) is 0 Å². The molecule has 8 aromatic carbocycles. The Kier molecular flexibility index (Phi) is 7.99. The molecule has 284 valence electrons. The second-order valence-corrected chi connectivity index (χ2v) is 21.1. The average molecular weight is 781 g/mol. The van der Waals surface area contributed by atoms with Crippen LogP contribution >= 0.6 is 0 Å². The molecule has 1 saturated heterocycles. The van der Waals surface area contributed by atoms with Gasteiger partial charge in [-0.25, -0.2) is 0 Å². The monoisotopic (exact) mass is 780 g/mol. The molecule has 0 aromatic heterocycles. The smallest absolute Gasteiger partial charge is 0.0622 e. The number of hydrogen-bond acceptors (Lipinski definition) is 0. The Balaban J connectivity index is 1.43. The number of hydrogen-bond donors (Lipinski definition) is 0. The Morgan fingerprint density at radius 2 is 0.533 bits per heavy atom. The number of rotatable bonds is 8. The van der Waals surface area contributed by atoms with E-state index in [1.807, 2.05) is 0 Å². The SMILES string of the molecule is c1ccc(C2=C(c3ccccc3)[Si]3(C(c4ccccc4)=C2c2ccccc2)[C@]2(c4ccccc4)C(c4ccccc4)=C(c4ccccc4)[C@@]3(c3ccccc3)C3CC32)cc1. The molecule has 12 rings (SSSR count). The maximum absolute atomic E-state index is 3.40. The average Bonchev–Trinajstić information content (AvgIpc) is 3.98. The van der Waals surface area contributed by atoms with Crippen molar-refractivity contribution in [3.8, 4) is 0 Å². The van der Waals surface area contributed by atoms with Gasteiger partial charge in [0, 0.05) is 10.1 Å². The predicted octanol–water partition coefficient (Wildman–Crippen LogP) is 14.0. The third-order valence-electron chi connectivity index (χ3n) is 14.5. The minimum absolute atomic E-state index is 0.353. The standard InChI is InChI=1S/C59H44Si/c1-9-25-42(26-10-1)52-53(43-27-11-2-12-28-43)57(47-35-19-6-20-36-47)60(56(52)46-33-17-5-18-34-46)58(48-37-21-7-22-38-48)50-41-51(50)59(60,49-39-23-8-24-40-49)55(45-31-15-4-16-32-45)54(58)44-29-13-3-14-30-44/h1-40,50-51H,41H2/t50?,51?,58-,59+. The van der Waals surface area contributed by atoms with Gasteiger partial charge in [0.05, 0.1) is 0 Å². The van der Waals surface area contributed by atoms with Gasteiger partial charge in [0.1, 0.15) is 0 Å². The van der Waals surface area contributed by atoms with E-state index in [9.17, 15) is 0 Å². The summed E-state index contributed by atoms with van der Waals surface area (Å²) in [6.07, 6.45) is 1.18. The van der Waals surface area contributed by atoms with Crippen LogP contribution in [0.25, 0.3) is 32.7 Å². The van der Waals surface area contributed by atoms with E-state index in [0.29, 0.717) is 11.8 Å². The quantitative estimate of drug-likeness (QED) is 0.135. The highest BCUT2D eigenvalue weighted by Crippen LogP contribution is 2.90. The highest BCUT2D eigenvalue weighted by Gasteiger charge is 2.91. The number of allylic oxidation sites excluding steroid dienone is 4. The lowest BCUT2D eigenvalue weighted by Crippen LogP contribution is -2.64. The summed E-state index contributed by atoms with van der Waals surface area (Å²) in [7, 11) is -3.40. The first kappa shape index (κ1) is 35.2. The van der Waals surface area contributed by atoms with Crippen LogP contribution in [0, 0.1) is 11.8 Å². The molecule has 1 saturated carbocycles. The van der Waals surface area contributed by atoms with E-state index in [-0.39, 0.29) is 10.1 Å². The number of benzene rings is 8. The third kappa shape index (κ3) is 4.51. The van der Waals surface area contributed by atoms with Crippen LogP contribution in [-0.4, -0.2) is 8.07 Å². The summed E-state index contributed by atoms with van der Waals surface area (Å²) in [4.78, 5) is 0. The second kappa shape index (κ2) is 13.6. The summed E-state index contributed by atoms with van der Waals surface area (Å²) in [5, 5.41) is 2.42. The van der Waals surface area contributed by atoms with E-state index in [0.717, 1.165) is 0 Å². The van der Waals surface area contributed by atoms with E-state index in [2.05, 4.69) is 243 Å². The van der Waals surface area contributed by atoms with Gasteiger partial charge in [-0.05, 0) is 95.4 Å². The van der Waals surface area contributed by atoms with E-state index in [1.165, 1.54) is 73.2 Å². The zero-order valence-electron chi connectivity index (χ0n) is 33.5. The van der Waals surface area contributed by atoms with E-state index in [4.69, 9.17) is 0 Å². The molecule has 0 nitrogen and oxygen atoms in total. The first-order chi connectivity index (χ1) is 29.8. The molecule has 0 radical (unpaired) electrons. The summed E-state index contributed by atoms with van der Waals surface area (Å²) < 4.78 is 0. The van der Waals surface area contributed by atoms with E-state index in [1.54, 1.807) is 10.4 Å². The molecular weight excluding hydrogens is 737 g/mol. The van der Waals surface area contributed by atoms with Crippen molar-refractivity contribution < 1.29 is 0 Å². The van der Waals surface area contributed by atoms with Gasteiger partial charge in [0.15, 0.2) is 8.07 Å². The van der Waals surface area contributed by atoms with Crippen molar-refractivity contribution >= 4 is 40.8 Å². The van der Waals surface area contributed by atoms with Gasteiger partial charge < -0.3 is 0 Å². The van der Waals surface area contributed by atoms with Crippen molar-refractivity contribution in [3.05, 3.63) is 287 Å². The van der Waals surface area contributed by atoms with Gasteiger partial charge in [0.2, 0.25) is 0 Å². The van der Waals surface area contributed by atoms with Crippen molar-refractivity contribution in [1.29, 1.82) is 0 Å². The fraction of sp³-hybridized carbons (Fsp3) is 0.0847. The molecule has 3 aliphatic heterocycles. The van der Waals surface area contributed by atoms with Crippen molar-refractivity contribution in [3.63, 3.8) is 0 Å². The highest BCUT2D eigenvalue weighted by atomic mass is 28.3. The minimum Gasteiger partial charge on any atom is -0.0622 e. The highest BCUT2D eigenvalue weighted by molar-refractivity contribution is 7.21. The molecule has 3 heterocycles. The third-order valence-corrected chi connectivity index (χ3v) is 21.2. The zero-order chi connectivity index (χ0) is 39.7. The molecule has 1 spiro atoms. The number of fused-ring (bicyclic) bond motifs is 3. The summed E-state index contributed by atoms with van der Waals surface area (Å²) in [5.74, 6) is 0.859. The van der Waals surface area contributed by atoms with Gasteiger partial charge in [-0.2, -0.15) is 0 Å². The summed E-state index contributed by atoms with van der Waals surface area (Å²) >= 11 is 0. The van der Waals surface area contributed by atoms with Crippen molar-refractivity contribution in [2.75, 3.05) is 0 Å². The lowest BCUT2D eigenvalue weighted by atomic mass is 9.68. The van der Waals surface area contributed by atoms with Crippen LogP contribution in [0.15, 0.2) is 243 Å². The van der Waals surface area contributed by atoms with E-state index >= 15 is 0 Å². The first-order valence-corrected chi connectivity index (χ1v) is 23.5. The topological polar surface area (TPSA) is 0 Å². The summed E-state index contributed by atoms with van der Waals surface area (Å²) in [5.41, 5.74) is 16.7. The van der Waals surface area contributed by atoms with Crippen LogP contribution in [0.1, 0.15) is 50.9 Å². The zero-order valence-corrected chi connectivity index (χ0v) is 34.5. The van der Waals surface area contributed by atoms with Crippen LogP contribution in [0.3, 0.4) is 0 Å². The van der Waals surface area contributed by atoms with Crippen molar-refractivity contribution in [2.45, 2.75) is 16.5 Å². The van der Waals surface area contributed by atoms with Crippen LogP contribution < -0.4 is 0 Å². The van der Waals surface area contributed by atoms with Gasteiger partial charge >= 0.3 is 0 Å². The van der Waals surface area contributed by atoms with Crippen LogP contribution in [0.4, 0.5) is 0 Å². The molecule has 60 heavy (non-hydrogen) atoms. The molecule has 8 aromatic rings. The Morgan fingerprint density at radius 3 is 0.833 bits per heavy atom. The molecule has 2 fully saturated rings. The normalized spacial score (nSPS) is 23.3. The maximum atomic E-state index is 2.51. The fourth-order valence-corrected chi connectivity index (χ4v) is 22.1. The summed E-state index contributed by atoms with van der Waals surface area (Å²) in [6, 6.07) is 93.0. The molecule has 0 amide bonds. The Labute approximate surface area is 354 Å². The second-order valence-electron chi connectivity index (χ2n) is 17.0. The molecule has 4 aliphatic rings. The minimum atomic E-state index is -3.40. The van der Waals surface area contributed by atoms with Crippen molar-refractivity contribution in [2.24, 2.45) is 11.8 Å². The maximum Gasteiger partial charge on any atom is 0.150 e. The van der Waals surface area contributed by atoms with Crippen LogP contribution in [0.2, 0.25) is 0 Å². The van der Waals surface area contributed by atoms with Crippen LogP contribution in [0.5, 0.6) is 0 Å². The summed E-state index contributed by atoms with van der Waals surface area (Å²) in [6.45, 7) is 0. The lowest BCUT2D eigenvalue weighted by Gasteiger charge is -2.53.